The van der Waals surface area contributed by atoms with E-state index in [1.54, 1.807) is 25.0 Å². The Morgan fingerprint density at radius 2 is 1.90 bits per heavy atom. The topological polar surface area (TPSA) is 81.0 Å². The maximum atomic E-state index is 14.6. The minimum Gasteiger partial charge on any atom is -0.480 e. The summed E-state index contributed by atoms with van der Waals surface area (Å²) in [5.41, 5.74) is 2.38. The Kier molecular flexibility index (Phi) is 4.70. The maximum absolute atomic E-state index is 14.6. The third-order valence-electron chi connectivity index (χ3n) is 5.55. The number of hydrogen-bond donors (Lipinski definition) is 1. The van der Waals surface area contributed by atoms with Gasteiger partial charge in [-0.05, 0) is 32.0 Å². The number of nitrogens with one attached hydrogen (secondary N) is 1. The number of pyridine rings is 1. The first-order valence-electron chi connectivity index (χ1n) is 10.3. The third-order valence-corrected chi connectivity index (χ3v) is 5.55. The van der Waals surface area contributed by atoms with Crippen LogP contribution >= 0.6 is 0 Å². The molecule has 1 N–H and O–H groups in total. The van der Waals surface area contributed by atoms with Gasteiger partial charge in [0, 0.05) is 49.4 Å². The molecule has 1 aliphatic rings. The van der Waals surface area contributed by atoms with Crippen LogP contribution in [0.2, 0.25) is 0 Å². The second-order valence-electron chi connectivity index (χ2n) is 8.19. The van der Waals surface area contributed by atoms with E-state index in [2.05, 4.69) is 44.1 Å². The molecule has 0 saturated carbocycles. The second kappa shape index (κ2) is 7.42. The van der Waals surface area contributed by atoms with E-state index < -0.39 is 5.82 Å². The summed E-state index contributed by atoms with van der Waals surface area (Å²) >= 11 is 0. The molecule has 8 nitrogen and oxygen atoms in total. The van der Waals surface area contributed by atoms with Crippen LogP contribution in [-0.2, 0) is 7.05 Å². The molecule has 0 unspecified atom stereocenters. The van der Waals surface area contributed by atoms with Gasteiger partial charge in [0.25, 0.3) is 0 Å². The molecule has 4 heterocycles. The molecule has 2 atom stereocenters. The van der Waals surface area contributed by atoms with E-state index in [4.69, 9.17) is 4.74 Å². The first-order valence-corrected chi connectivity index (χ1v) is 10.3. The fraction of sp³-hybridized carbons (Fsp3) is 0.364. The van der Waals surface area contributed by atoms with Gasteiger partial charge in [-0.2, -0.15) is 10.1 Å². The van der Waals surface area contributed by atoms with E-state index in [1.165, 1.54) is 6.07 Å². The predicted molar refractivity (Wildman–Crippen MR) is 118 cm³/mol. The van der Waals surface area contributed by atoms with Gasteiger partial charge in [-0.15, -0.1) is 0 Å². The molecular formula is C22H24FN7O. The van der Waals surface area contributed by atoms with Crippen molar-refractivity contribution < 1.29 is 9.13 Å². The maximum Gasteiger partial charge on any atom is 0.226 e. The van der Waals surface area contributed by atoms with Gasteiger partial charge < -0.3 is 15.0 Å². The van der Waals surface area contributed by atoms with E-state index in [9.17, 15) is 4.39 Å². The van der Waals surface area contributed by atoms with Gasteiger partial charge in [-0.25, -0.2) is 14.4 Å². The van der Waals surface area contributed by atoms with Crippen LogP contribution in [0.1, 0.15) is 13.8 Å². The zero-order valence-corrected chi connectivity index (χ0v) is 17.9. The molecule has 4 aromatic rings. The standard InChI is InChI=1S/C22H24FN7O/c1-12-9-30(10-13(2)25-12)16-7-17-21(24-8-16)26-20(27-22(17)31-4)14-5-15-11-29(3)28-19(15)18(23)6-14/h5-8,11-13,25H,9-10H2,1-4H3/t12-,13-/m1/s1. The molecule has 160 valence electrons. The molecule has 0 spiro atoms. The van der Waals surface area contributed by atoms with Crippen molar-refractivity contribution in [2.24, 2.45) is 7.05 Å². The Bertz CT molecular complexity index is 1280. The van der Waals surface area contributed by atoms with Gasteiger partial charge in [-0.3, -0.25) is 4.68 Å². The van der Waals surface area contributed by atoms with Crippen molar-refractivity contribution in [2.75, 3.05) is 25.1 Å². The van der Waals surface area contributed by atoms with E-state index in [0.29, 0.717) is 45.9 Å². The largest absolute Gasteiger partial charge is 0.480 e. The minimum atomic E-state index is -0.416. The molecule has 0 aliphatic carbocycles. The molecule has 31 heavy (non-hydrogen) atoms. The van der Waals surface area contributed by atoms with Gasteiger partial charge in [0.15, 0.2) is 17.3 Å². The number of rotatable bonds is 3. The molecule has 1 aliphatic heterocycles. The van der Waals surface area contributed by atoms with Crippen molar-refractivity contribution in [3.8, 4) is 17.3 Å². The zero-order valence-electron chi connectivity index (χ0n) is 17.9. The molecule has 1 fully saturated rings. The lowest BCUT2D eigenvalue weighted by molar-refractivity contribution is 0.402. The summed E-state index contributed by atoms with van der Waals surface area (Å²) in [4.78, 5) is 16.0. The van der Waals surface area contributed by atoms with Crippen LogP contribution in [0.5, 0.6) is 5.88 Å². The van der Waals surface area contributed by atoms with Crippen LogP contribution in [0.25, 0.3) is 33.3 Å². The molecule has 0 radical (unpaired) electrons. The van der Waals surface area contributed by atoms with Crippen LogP contribution in [0.4, 0.5) is 10.1 Å². The van der Waals surface area contributed by atoms with Gasteiger partial charge in [-0.1, -0.05) is 0 Å². The molecule has 0 amide bonds. The van der Waals surface area contributed by atoms with Gasteiger partial charge in [0.05, 0.1) is 24.4 Å². The number of methoxy groups -OCH3 is 1. The summed E-state index contributed by atoms with van der Waals surface area (Å²) in [6.07, 6.45) is 3.59. The number of hydrogen-bond acceptors (Lipinski definition) is 7. The van der Waals surface area contributed by atoms with Crippen molar-refractivity contribution in [2.45, 2.75) is 25.9 Å². The Balaban J connectivity index is 1.59. The molecule has 1 aromatic carbocycles. The normalized spacial score (nSPS) is 19.3. The van der Waals surface area contributed by atoms with Crippen molar-refractivity contribution in [1.29, 1.82) is 0 Å². The number of anilines is 1. The number of halogens is 1. The van der Waals surface area contributed by atoms with Crippen LogP contribution < -0.4 is 15.0 Å². The highest BCUT2D eigenvalue weighted by Gasteiger charge is 2.22. The number of benzene rings is 1. The number of nitrogens with zero attached hydrogens (tertiary/aromatic N) is 6. The summed E-state index contributed by atoms with van der Waals surface area (Å²) in [5.74, 6) is 0.358. The lowest BCUT2D eigenvalue weighted by atomic mass is 10.1. The van der Waals surface area contributed by atoms with Crippen molar-refractivity contribution >= 4 is 27.6 Å². The highest BCUT2D eigenvalue weighted by atomic mass is 19.1. The predicted octanol–water partition coefficient (Wildman–Crippen LogP) is 2.91. The molecule has 9 heteroatoms. The second-order valence-corrected chi connectivity index (χ2v) is 8.19. The summed E-state index contributed by atoms with van der Waals surface area (Å²) < 4.78 is 21.7. The van der Waals surface area contributed by atoms with Crippen molar-refractivity contribution in [3.05, 3.63) is 36.4 Å². The van der Waals surface area contributed by atoms with Crippen LogP contribution in [0, 0.1) is 5.82 Å². The Morgan fingerprint density at radius 1 is 1.13 bits per heavy atom. The zero-order chi connectivity index (χ0) is 21.7. The fourth-order valence-corrected chi connectivity index (χ4v) is 4.31. The highest BCUT2D eigenvalue weighted by molar-refractivity contribution is 5.87. The van der Waals surface area contributed by atoms with Gasteiger partial charge in [0.1, 0.15) is 5.52 Å². The van der Waals surface area contributed by atoms with E-state index in [1.807, 2.05) is 18.3 Å². The van der Waals surface area contributed by atoms with Gasteiger partial charge >= 0.3 is 0 Å². The summed E-state index contributed by atoms with van der Waals surface area (Å²) in [6, 6.07) is 6.01. The first kappa shape index (κ1) is 19.6. The van der Waals surface area contributed by atoms with E-state index in [0.717, 1.165) is 24.2 Å². The first-order chi connectivity index (χ1) is 14.9. The van der Waals surface area contributed by atoms with Crippen molar-refractivity contribution in [1.82, 2.24) is 30.0 Å². The van der Waals surface area contributed by atoms with Crippen LogP contribution in [-0.4, -0.2) is 57.0 Å². The Labute approximate surface area is 179 Å². The molecule has 5 rings (SSSR count). The molecule has 1 saturated heterocycles. The number of ether oxygens (including phenoxy) is 1. The summed E-state index contributed by atoms with van der Waals surface area (Å²) in [6.45, 7) is 6.13. The minimum absolute atomic E-state index is 0.321. The average molecular weight is 421 g/mol. The van der Waals surface area contributed by atoms with Crippen molar-refractivity contribution in [3.63, 3.8) is 0 Å². The quantitative estimate of drug-likeness (QED) is 0.545. The van der Waals surface area contributed by atoms with E-state index in [-0.39, 0.29) is 0 Å². The Morgan fingerprint density at radius 3 is 2.65 bits per heavy atom. The fourth-order valence-electron chi connectivity index (χ4n) is 4.31. The highest BCUT2D eigenvalue weighted by Crippen LogP contribution is 2.31. The summed E-state index contributed by atoms with van der Waals surface area (Å²) in [5, 5.41) is 9.10. The van der Waals surface area contributed by atoms with Crippen LogP contribution in [0.15, 0.2) is 30.6 Å². The number of aryl methyl sites for hydroxylation is 1. The molecule has 3 aromatic heterocycles. The SMILES string of the molecule is COc1nc(-c2cc(F)c3nn(C)cc3c2)nc2ncc(N3C[C@@H](C)N[C@H](C)C3)cc12. The molecular weight excluding hydrogens is 397 g/mol. The number of fused-ring (bicyclic) bond motifs is 2. The van der Waals surface area contributed by atoms with Gasteiger partial charge in [0.2, 0.25) is 5.88 Å². The van der Waals surface area contributed by atoms with E-state index >= 15 is 0 Å². The molecule has 0 bridgehead atoms. The average Bonchev–Trinajstić information content (AvgIpc) is 3.12. The Hall–Kier alpha value is -3.33. The van der Waals surface area contributed by atoms with Crippen LogP contribution in [0.3, 0.4) is 0 Å². The number of piperazine rings is 1. The smallest absolute Gasteiger partial charge is 0.226 e. The lowest BCUT2D eigenvalue weighted by Crippen LogP contribution is -2.54. The summed E-state index contributed by atoms with van der Waals surface area (Å²) in [7, 11) is 3.33. The lowest BCUT2D eigenvalue weighted by Gasteiger charge is -2.37. The third kappa shape index (κ3) is 3.54. The monoisotopic (exact) mass is 421 g/mol. The number of aromatic nitrogens is 5.